The lowest BCUT2D eigenvalue weighted by Crippen LogP contribution is -2.52. The number of nitrogens with zero attached hydrogens (tertiary/aromatic N) is 2. The smallest absolute Gasteiger partial charge is 0.344 e. The molecule has 30 heavy (non-hydrogen) atoms. The number of hydrazine groups is 1. The zero-order valence-corrected chi connectivity index (χ0v) is 17.6. The summed E-state index contributed by atoms with van der Waals surface area (Å²) in [6.45, 7) is 4.15. The summed E-state index contributed by atoms with van der Waals surface area (Å²) in [5.41, 5.74) is 3.59. The molecule has 8 nitrogen and oxygen atoms in total. The van der Waals surface area contributed by atoms with Crippen molar-refractivity contribution in [3.63, 3.8) is 0 Å². The summed E-state index contributed by atoms with van der Waals surface area (Å²) in [5, 5.41) is 6.84. The van der Waals surface area contributed by atoms with Crippen LogP contribution in [0.15, 0.2) is 24.3 Å². The number of amides is 4. The quantitative estimate of drug-likeness (QED) is 0.645. The van der Waals surface area contributed by atoms with Crippen molar-refractivity contribution in [2.24, 2.45) is 5.92 Å². The Morgan fingerprint density at radius 3 is 2.57 bits per heavy atom. The number of carbonyl (C=O) groups excluding carboxylic acids is 3. The van der Waals surface area contributed by atoms with Gasteiger partial charge in [0.1, 0.15) is 5.54 Å². The number of hydrogen-bond acceptors (Lipinski definition) is 5. The van der Waals surface area contributed by atoms with Gasteiger partial charge in [0.05, 0.1) is 17.9 Å². The van der Waals surface area contributed by atoms with E-state index in [9.17, 15) is 14.4 Å². The number of hydrogen-bond donors (Lipinski definition) is 3. The molecule has 0 aromatic heterocycles. The number of benzene rings is 1. The van der Waals surface area contributed by atoms with E-state index in [0.29, 0.717) is 18.8 Å². The summed E-state index contributed by atoms with van der Waals surface area (Å²) in [6, 6.07) is 7.38. The molecule has 0 radical (unpaired) electrons. The molecule has 0 atom stereocenters. The van der Waals surface area contributed by atoms with Crippen LogP contribution < -0.4 is 21.0 Å². The number of carbonyl (C=O) groups is 3. The Labute approximate surface area is 177 Å². The predicted molar refractivity (Wildman–Crippen MR) is 115 cm³/mol. The van der Waals surface area contributed by atoms with Crippen molar-refractivity contribution >= 4 is 29.2 Å². The topological polar surface area (TPSA) is 93.8 Å². The third kappa shape index (κ3) is 4.08. The normalized spacial score (nSPS) is 26.6. The summed E-state index contributed by atoms with van der Waals surface area (Å²) in [5.74, 6) is -0.220. The van der Waals surface area contributed by atoms with Crippen molar-refractivity contribution < 1.29 is 14.4 Å². The monoisotopic (exact) mass is 413 g/mol. The molecular formula is C22H31N5O3. The molecule has 1 aliphatic carbocycles. The molecule has 1 saturated carbocycles. The molecule has 1 aromatic carbocycles. The number of piperidine rings is 1. The van der Waals surface area contributed by atoms with Gasteiger partial charge in [-0.2, -0.15) is 5.01 Å². The number of imide groups is 1. The summed E-state index contributed by atoms with van der Waals surface area (Å²) in [7, 11) is 0. The second-order valence-electron chi connectivity index (χ2n) is 8.79. The van der Waals surface area contributed by atoms with E-state index in [2.05, 4.69) is 33.9 Å². The number of urea groups is 1. The molecule has 4 rings (SSSR count). The van der Waals surface area contributed by atoms with Crippen LogP contribution in [0.5, 0.6) is 0 Å². The van der Waals surface area contributed by atoms with Crippen molar-refractivity contribution in [3.8, 4) is 0 Å². The van der Waals surface area contributed by atoms with Crippen LogP contribution in [-0.2, 0) is 9.59 Å². The molecule has 8 heteroatoms. The van der Waals surface area contributed by atoms with Gasteiger partial charge in [-0.25, -0.2) is 4.79 Å². The summed E-state index contributed by atoms with van der Waals surface area (Å²) in [4.78, 5) is 40.1. The van der Waals surface area contributed by atoms with Gasteiger partial charge in [-0.05, 0) is 63.0 Å². The first-order valence-electron chi connectivity index (χ1n) is 11.0. The van der Waals surface area contributed by atoms with Crippen molar-refractivity contribution in [2.45, 2.75) is 57.4 Å². The van der Waals surface area contributed by atoms with Gasteiger partial charge in [-0.15, -0.1) is 0 Å². The van der Waals surface area contributed by atoms with Crippen LogP contribution >= 0.6 is 0 Å². The van der Waals surface area contributed by atoms with E-state index in [1.165, 1.54) is 19.3 Å². The average Bonchev–Trinajstić information content (AvgIpc) is 2.99. The molecule has 0 bridgehead atoms. The molecule has 3 fully saturated rings. The lowest BCUT2D eigenvalue weighted by atomic mass is 9.77. The molecular weight excluding hydrogens is 382 g/mol. The molecule has 2 heterocycles. The van der Waals surface area contributed by atoms with Crippen molar-refractivity contribution in [1.29, 1.82) is 0 Å². The molecule has 162 valence electrons. The SMILES string of the molecule is CC1CCC2(CC1)NC(=O)N(NC(=O)CNc1ccccc1N1CCCCC1)C2=O. The van der Waals surface area contributed by atoms with Gasteiger partial charge in [0.15, 0.2) is 0 Å². The van der Waals surface area contributed by atoms with Gasteiger partial charge in [-0.1, -0.05) is 19.1 Å². The summed E-state index contributed by atoms with van der Waals surface area (Å²) in [6.07, 6.45) is 6.61. The van der Waals surface area contributed by atoms with Gasteiger partial charge in [-0.3, -0.25) is 15.0 Å². The van der Waals surface area contributed by atoms with Crippen LogP contribution in [0.4, 0.5) is 16.2 Å². The van der Waals surface area contributed by atoms with E-state index >= 15 is 0 Å². The molecule has 3 aliphatic rings. The zero-order chi connectivity index (χ0) is 21.1. The number of para-hydroxylation sites is 2. The standard InChI is InChI=1S/C22H31N5O3/c1-16-9-11-22(12-10-16)20(29)27(21(30)24-22)25-19(28)15-23-17-7-3-4-8-18(17)26-13-5-2-6-14-26/h3-4,7-8,16,23H,2,5-6,9-15H2,1H3,(H,24,30)(H,25,28). The van der Waals surface area contributed by atoms with E-state index in [1.807, 2.05) is 18.2 Å². The van der Waals surface area contributed by atoms with Crippen LogP contribution in [0.2, 0.25) is 0 Å². The van der Waals surface area contributed by atoms with Crippen LogP contribution in [-0.4, -0.2) is 48.0 Å². The number of nitrogens with one attached hydrogen (secondary N) is 3. The number of anilines is 2. The summed E-state index contributed by atoms with van der Waals surface area (Å²) < 4.78 is 0. The van der Waals surface area contributed by atoms with Gasteiger partial charge >= 0.3 is 6.03 Å². The van der Waals surface area contributed by atoms with E-state index in [1.54, 1.807) is 0 Å². The largest absolute Gasteiger partial charge is 0.374 e. The molecule has 4 amide bonds. The summed E-state index contributed by atoms with van der Waals surface area (Å²) >= 11 is 0. The van der Waals surface area contributed by atoms with E-state index in [0.717, 1.165) is 42.3 Å². The maximum atomic E-state index is 12.9. The van der Waals surface area contributed by atoms with Gasteiger partial charge in [0, 0.05) is 13.1 Å². The predicted octanol–water partition coefficient (Wildman–Crippen LogP) is 2.62. The molecule has 1 aromatic rings. The Kier molecular flexibility index (Phi) is 5.83. The fourth-order valence-corrected chi connectivity index (χ4v) is 4.69. The maximum Gasteiger partial charge on any atom is 0.344 e. The fourth-order valence-electron chi connectivity index (χ4n) is 4.69. The van der Waals surface area contributed by atoms with Gasteiger partial charge in [0.2, 0.25) is 0 Å². The van der Waals surface area contributed by atoms with Crippen LogP contribution in [0.25, 0.3) is 0 Å². The van der Waals surface area contributed by atoms with E-state index in [4.69, 9.17) is 0 Å². The Balaban J connectivity index is 1.35. The van der Waals surface area contributed by atoms with Crippen molar-refractivity contribution in [3.05, 3.63) is 24.3 Å². The Morgan fingerprint density at radius 1 is 1.13 bits per heavy atom. The minimum atomic E-state index is -0.856. The fraction of sp³-hybridized carbons (Fsp3) is 0.591. The first-order valence-corrected chi connectivity index (χ1v) is 11.0. The zero-order valence-electron chi connectivity index (χ0n) is 17.6. The lowest BCUT2D eigenvalue weighted by Gasteiger charge is -2.33. The minimum absolute atomic E-state index is 0.0219. The second-order valence-corrected chi connectivity index (χ2v) is 8.79. The Bertz CT molecular complexity index is 813. The second kappa shape index (κ2) is 8.53. The third-order valence-corrected chi connectivity index (χ3v) is 6.57. The van der Waals surface area contributed by atoms with Crippen molar-refractivity contribution in [2.75, 3.05) is 29.9 Å². The molecule has 2 saturated heterocycles. The third-order valence-electron chi connectivity index (χ3n) is 6.57. The molecule has 0 unspecified atom stereocenters. The first-order chi connectivity index (χ1) is 14.5. The van der Waals surface area contributed by atoms with E-state index < -0.39 is 17.5 Å². The average molecular weight is 414 g/mol. The van der Waals surface area contributed by atoms with Gasteiger partial charge < -0.3 is 15.5 Å². The highest BCUT2D eigenvalue weighted by Gasteiger charge is 2.52. The van der Waals surface area contributed by atoms with Gasteiger partial charge in [0.25, 0.3) is 11.8 Å². The number of rotatable bonds is 5. The van der Waals surface area contributed by atoms with Crippen LogP contribution in [0.3, 0.4) is 0 Å². The van der Waals surface area contributed by atoms with Crippen LogP contribution in [0, 0.1) is 5.92 Å². The van der Waals surface area contributed by atoms with Crippen molar-refractivity contribution in [1.82, 2.24) is 15.8 Å². The highest BCUT2D eigenvalue weighted by Crippen LogP contribution is 2.35. The maximum absolute atomic E-state index is 12.9. The molecule has 3 N–H and O–H groups in total. The Morgan fingerprint density at radius 2 is 1.83 bits per heavy atom. The first kappa shape index (κ1) is 20.5. The highest BCUT2D eigenvalue weighted by atomic mass is 16.2. The lowest BCUT2D eigenvalue weighted by molar-refractivity contribution is -0.139. The van der Waals surface area contributed by atoms with Crippen LogP contribution in [0.1, 0.15) is 51.9 Å². The molecule has 1 spiro atoms. The minimum Gasteiger partial charge on any atom is -0.374 e. The van der Waals surface area contributed by atoms with E-state index in [-0.39, 0.29) is 12.5 Å². The highest BCUT2D eigenvalue weighted by molar-refractivity contribution is 6.08. The Hall–Kier alpha value is -2.77. The molecule has 2 aliphatic heterocycles.